The standard InChI is InChI=1S/C13H13NO2/c1-10-6-7-14(9-10)12-4-2-11(3-5-12)8-13(15)16/h2-7,9H,8H2,1H3,(H,15,16). The Hall–Kier alpha value is -2.03. The molecular weight excluding hydrogens is 202 g/mol. The van der Waals surface area contributed by atoms with Gasteiger partial charge in [0.05, 0.1) is 6.42 Å². The lowest BCUT2D eigenvalue weighted by molar-refractivity contribution is -0.136. The van der Waals surface area contributed by atoms with E-state index < -0.39 is 5.97 Å². The molecule has 2 rings (SSSR count). The van der Waals surface area contributed by atoms with Crippen LogP contribution < -0.4 is 0 Å². The highest BCUT2D eigenvalue weighted by molar-refractivity contribution is 5.70. The number of nitrogens with zero attached hydrogens (tertiary/aromatic N) is 1. The van der Waals surface area contributed by atoms with Crippen LogP contribution in [0.2, 0.25) is 0 Å². The van der Waals surface area contributed by atoms with E-state index in [0.717, 1.165) is 11.3 Å². The van der Waals surface area contributed by atoms with E-state index >= 15 is 0 Å². The number of aryl methyl sites for hydroxylation is 1. The monoisotopic (exact) mass is 215 g/mol. The van der Waals surface area contributed by atoms with Crippen molar-refractivity contribution in [3.8, 4) is 5.69 Å². The second-order valence-corrected chi connectivity index (χ2v) is 3.83. The molecular formula is C13H13NO2. The zero-order valence-electron chi connectivity index (χ0n) is 9.05. The highest BCUT2D eigenvalue weighted by atomic mass is 16.4. The molecule has 0 aliphatic rings. The average molecular weight is 215 g/mol. The van der Waals surface area contributed by atoms with Gasteiger partial charge in [-0.15, -0.1) is 0 Å². The topological polar surface area (TPSA) is 42.2 Å². The largest absolute Gasteiger partial charge is 0.481 e. The van der Waals surface area contributed by atoms with Crippen LogP contribution in [0.15, 0.2) is 42.7 Å². The van der Waals surface area contributed by atoms with Crippen molar-refractivity contribution in [2.75, 3.05) is 0 Å². The van der Waals surface area contributed by atoms with Crippen LogP contribution in [-0.2, 0) is 11.2 Å². The molecule has 1 aromatic heterocycles. The van der Waals surface area contributed by atoms with Gasteiger partial charge < -0.3 is 9.67 Å². The van der Waals surface area contributed by atoms with Crippen LogP contribution in [0.5, 0.6) is 0 Å². The van der Waals surface area contributed by atoms with Crippen molar-refractivity contribution < 1.29 is 9.90 Å². The third-order valence-electron chi connectivity index (χ3n) is 2.43. The van der Waals surface area contributed by atoms with E-state index in [1.54, 1.807) is 0 Å². The summed E-state index contributed by atoms with van der Waals surface area (Å²) in [5.41, 5.74) is 3.07. The Balaban J connectivity index is 2.22. The number of hydrogen-bond donors (Lipinski definition) is 1. The summed E-state index contributed by atoms with van der Waals surface area (Å²) in [6, 6.07) is 9.58. The Morgan fingerprint density at radius 1 is 1.25 bits per heavy atom. The third-order valence-corrected chi connectivity index (χ3v) is 2.43. The number of aromatic nitrogens is 1. The molecule has 3 nitrogen and oxygen atoms in total. The second-order valence-electron chi connectivity index (χ2n) is 3.83. The Kier molecular flexibility index (Phi) is 2.77. The molecule has 2 aromatic rings. The van der Waals surface area contributed by atoms with Crippen molar-refractivity contribution in [3.63, 3.8) is 0 Å². The lowest BCUT2D eigenvalue weighted by Crippen LogP contribution is -2.00. The summed E-state index contributed by atoms with van der Waals surface area (Å²) >= 11 is 0. The van der Waals surface area contributed by atoms with E-state index in [4.69, 9.17) is 5.11 Å². The van der Waals surface area contributed by atoms with Gasteiger partial charge >= 0.3 is 5.97 Å². The molecule has 0 atom stereocenters. The van der Waals surface area contributed by atoms with Crippen LogP contribution in [0.1, 0.15) is 11.1 Å². The summed E-state index contributed by atoms with van der Waals surface area (Å²) in [5.74, 6) is -0.801. The van der Waals surface area contributed by atoms with Gasteiger partial charge in [-0.05, 0) is 36.2 Å². The zero-order valence-corrected chi connectivity index (χ0v) is 9.05. The van der Waals surface area contributed by atoms with Crippen molar-refractivity contribution in [1.29, 1.82) is 0 Å². The molecule has 0 aliphatic carbocycles. The molecule has 0 radical (unpaired) electrons. The first-order valence-corrected chi connectivity index (χ1v) is 5.11. The van der Waals surface area contributed by atoms with E-state index in [2.05, 4.69) is 0 Å². The summed E-state index contributed by atoms with van der Waals surface area (Å²) in [6.45, 7) is 2.04. The van der Waals surface area contributed by atoms with Gasteiger partial charge in [-0.2, -0.15) is 0 Å². The van der Waals surface area contributed by atoms with E-state index in [-0.39, 0.29) is 6.42 Å². The average Bonchev–Trinajstić information content (AvgIpc) is 2.65. The molecule has 1 N–H and O–H groups in total. The predicted octanol–water partition coefficient (Wildman–Crippen LogP) is 2.41. The van der Waals surface area contributed by atoms with Crippen molar-refractivity contribution in [3.05, 3.63) is 53.9 Å². The van der Waals surface area contributed by atoms with Crippen molar-refractivity contribution in [2.24, 2.45) is 0 Å². The number of carboxylic acid groups (broad SMARTS) is 1. The Morgan fingerprint density at radius 2 is 1.94 bits per heavy atom. The van der Waals surface area contributed by atoms with Gasteiger partial charge in [-0.25, -0.2) is 0 Å². The summed E-state index contributed by atoms with van der Waals surface area (Å²) < 4.78 is 2.01. The van der Waals surface area contributed by atoms with Crippen LogP contribution >= 0.6 is 0 Å². The van der Waals surface area contributed by atoms with Gasteiger partial charge in [0.25, 0.3) is 0 Å². The van der Waals surface area contributed by atoms with Crippen molar-refractivity contribution >= 4 is 5.97 Å². The fraction of sp³-hybridized carbons (Fsp3) is 0.154. The Bertz CT molecular complexity index is 497. The maximum absolute atomic E-state index is 10.5. The highest BCUT2D eigenvalue weighted by Gasteiger charge is 2.01. The number of rotatable bonds is 3. The molecule has 0 amide bonds. The first kappa shape index (κ1) is 10.5. The maximum atomic E-state index is 10.5. The van der Waals surface area contributed by atoms with Gasteiger partial charge in [-0.1, -0.05) is 12.1 Å². The van der Waals surface area contributed by atoms with Gasteiger partial charge in [0.2, 0.25) is 0 Å². The number of carboxylic acids is 1. The van der Waals surface area contributed by atoms with Crippen LogP contribution in [-0.4, -0.2) is 15.6 Å². The first-order valence-electron chi connectivity index (χ1n) is 5.11. The molecule has 82 valence electrons. The van der Waals surface area contributed by atoms with Crippen LogP contribution in [0.3, 0.4) is 0 Å². The molecule has 1 heterocycles. The molecule has 3 heteroatoms. The Morgan fingerprint density at radius 3 is 2.44 bits per heavy atom. The molecule has 0 spiro atoms. The highest BCUT2D eigenvalue weighted by Crippen LogP contribution is 2.12. The second kappa shape index (κ2) is 4.23. The maximum Gasteiger partial charge on any atom is 0.307 e. The number of carbonyl (C=O) groups is 1. The van der Waals surface area contributed by atoms with Crippen LogP contribution in [0.4, 0.5) is 0 Å². The molecule has 0 unspecified atom stereocenters. The molecule has 1 aromatic carbocycles. The first-order chi connectivity index (χ1) is 7.65. The summed E-state index contributed by atoms with van der Waals surface area (Å²) in [6.07, 6.45) is 4.10. The number of hydrogen-bond acceptors (Lipinski definition) is 1. The molecule has 16 heavy (non-hydrogen) atoms. The number of benzene rings is 1. The quantitative estimate of drug-likeness (QED) is 0.854. The molecule has 0 fully saturated rings. The summed E-state index contributed by atoms with van der Waals surface area (Å²) in [7, 11) is 0. The number of aliphatic carboxylic acids is 1. The fourth-order valence-electron chi connectivity index (χ4n) is 1.62. The molecule has 0 bridgehead atoms. The van der Waals surface area contributed by atoms with Gasteiger partial charge in [0.1, 0.15) is 0 Å². The smallest absolute Gasteiger partial charge is 0.307 e. The van der Waals surface area contributed by atoms with Crippen molar-refractivity contribution in [2.45, 2.75) is 13.3 Å². The van der Waals surface area contributed by atoms with Crippen LogP contribution in [0.25, 0.3) is 5.69 Å². The molecule has 0 aliphatic heterocycles. The molecule has 0 saturated carbocycles. The summed E-state index contributed by atoms with van der Waals surface area (Å²) in [5, 5.41) is 8.65. The Labute approximate surface area is 94.0 Å². The van der Waals surface area contributed by atoms with Gasteiger partial charge in [-0.3, -0.25) is 4.79 Å². The van der Waals surface area contributed by atoms with E-state index in [1.807, 2.05) is 54.2 Å². The third kappa shape index (κ3) is 2.31. The van der Waals surface area contributed by atoms with Gasteiger partial charge in [0.15, 0.2) is 0 Å². The summed E-state index contributed by atoms with van der Waals surface area (Å²) in [4.78, 5) is 10.5. The van der Waals surface area contributed by atoms with Crippen molar-refractivity contribution in [1.82, 2.24) is 4.57 Å². The van der Waals surface area contributed by atoms with E-state index in [9.17, 15) is 4.79 Å². The lowest BCUT2D eigenvalue weighted by atomic mass is 10.1. The zero-order chi connectivity index (χ0) is 11.5. The van der Waals surface area contributed by atoms with Crippen LogP contribution in [0, 0.1) is 6.92 Å². The SMILES string of the molecule is Cc1ccn(-c2ccc(CC(=O)O)cc2)c1. The lowest BCUT2D eigenvalue weighted by Gasteiger charge is -2.03. The predicted molar refractivity (Wildman–Crippen MR) is 61.8 cm³/mol. The minimum absolute atomic E-state index is 0.0744. The molecule has 0 saturated heterocycles. The normalized spacial score (nSPS) is 10.3. The van der Waals surface area contributed by atoms with E-state index in [1.165, 1.54) is 5.56 Å². The van der Waals surface area contributed by atoms with Gasteiger partial charge in [0, 0.05) is 18.1 Å². The minimum Gasteiger partial charge on any atom is -0.481 e. The minimum atomic E-state index is -0.801. The fourth-order valence-corrected chi connectivity index (χ4v) is 1.62. The van der Waals surface area contributed by atoms with E-state index in [0.29, 0.717) is 0 Å².